The van der Waals surface area contributed by atoms with Gasteiger partial charge in [0.25, 0.3) is 0 Å². The number of thioether (sulfide) groups is 1. The third kappa shape index (κ3) is 5.69. The summed E-state index contributed by atoms with van der Waals surface area (Å²) in [6, 6.07) is -1.35. The minimum absolute atomic E-state index is 0.0308. The van der Waals surface area contributed by atoms with Crippen molar-refractivity contribution in [1.29, 1.82) is 0 Å². The Bertz CT molecular complexity index is 534. The number of rotatable bonds is 8. The summed E-state index contributed by atoms with van der Waals surface area (Å²) >= 11 is 1.50. The molecule has 0 aromatic heterocycles. The van der Waals surface area contributed by atoms with Crippen molar-refractivity contribution in [2.24, 2.45) is 22.8 Å². The average Bonchev–Trinajstić information content (AvgIpc) is 2.56. The van der Waals surface area contributed by atoms with Crippen LogP contribution in [-0.4, -0.2) is 52.5 Å². The Hall–Kier alpha value is -1.12. The number of carbonyl (C=O) groups is 3. The van der Waals surface area contributed by atoms with Crippen LogP contribution in [0.1, 0.15) is 52.9 Å². The fourth-order valence-electron chi connectivity index (χ4n) is 3.55. The molecule has 150 valence electrons. The van der Waals surface area contributed by atoms with Gasteiger partial charge in [-0.25, -0.2) is 4.79 Å². The number of methoxy groups -OCH3 is 1. The summed E-state index contributed by atoms with van der Waals surface area (Å²) in [5, 5.41) is 9.14. The van der Waals surface area contributed by atoms with Crippen molar-refractivity contribution in [1.82, 2.24) is 0 Å². The first-order chi connectivity index (χ1) is 11.9. The molecule has 26 heavy (non-hydrogen) atoms. The van der Waals surface area contributed by atoms with E-state index in [0.717, 1.165) is 26.4 Å². The van der Waals surface area contributed by atoms with Gasteiger partial charge in [-0.2, -0.15) is 11.8 Å². The number of ether oxygens (including phenoxy) is 1. The van der Waals surface area contributed by atoms with Gasteiger partial charge in [-0.05, 0) is 24.2 Å². The highest BCUT2D eigenvalue weighted by Crippen LogP contribution is 2.44. The van der Waals surface area contributed by atoms with E-state index in [-0.39, 0.29) is 16.4 Å². The van der Waals surface area contributed by atoms with E-state index in [1.165, 1.54) is 18.2 Å². The molecule has 1 aliphatic rings. The number of carboxylic acid groups (broad SMARTS) is 1. The van der Waals surface area contributed by atoms with Crippen LogP contribution in [0.2, 0.25) is 0 Å². The van der Waals surface area contributed by atoms with Crippen molar-refractivity contribution in [3.8, 4) is 0 Å². The number of hydrogen-bond acceptors (Lipinski definition) is 7. The lowest BCUT2D eigenvalue weighted by Crippen LogP contribution is -2.63. The van der Waals surface area contributed by atoms with Crippen LogP contribution in [0, 0.1) is 11.3 Å². The van der Waals surface area contributed by atoms with Crippen LogP contribution in [-0.2, 0) is 19.1 Å². The van der Waals surface area contributed by atoms with E-state index in [1.54, 1.807) is 0 Å². The molecule has 1 aliphatic carbocycles. The van der Waals surface area contributed by atoms with Gasteiger partial charge < -0.3 is 21.3 Å². The SMILES string of the molecule is COC(=O)[C@@](N)(CSC1CCCCC1C(C)(C)C)C(=O)[C@@H](N)CC(=O)O. The van der Waals surface area contributed by atoms with Crippen molar-refractivity contribution >= 4 is 29.5 Å². The minimum Gasteiger partial charge on any atom is -0.481 e. The highest BCUT2D eigenvalue weighted by atomic mass is 32.2. The summed E-state index contributed by atoms with van der Waals surface area (Å²) in [4.78, 5) is 35.7. The number of hydrogen-bond donors (Lipinski definition) is 3. The van der Waals surface area contributed by atoms with Crippen LogP contribution in [0.3, 0.4) is 0 Å². The molecule has 0 aromatic rings. The molecule has 7 nitrogen and oxygen atoms in total. The fourth-order valence-corrected chi connectivity index (χ4v) is 5.40. The van der Waals surface area contributed by atoms with Crippen LogP contribution >= 0.6 is 11.8 Å². The zero-order valence-corrected chi connectivity index (χ0v) is 16.9. The second kappa shape index (κ2) is 9.19. The topological polar surface area (TPSA) is 133 Å². The molecule has 8 heteroatoms. The molecule has 0 amide bonds. The summed E-state index contributed by atoms with van der Waals surface area (Å²) in [6.07, 6.45) is 3.80. The van der Waals surface area contributed by atoms with E-state index in [9.17, 15) is 14.4 Å². The predicted octanol–water partition coefficient (Wildman–Crippen LogP) is 1.57. The van der Waals surface area contributed by atoms with Gasteiger partial charge in [-0.1, -0.05) is 33.6 Å². The first-order valence-corrected chi connectivity index (χ1v) is 9.99. The summed E-state index contributed by atoms with van der Waals surface area (Å²) in [6.45, 7) is 6.58. The molecule has 1 rings (SSSR count). The maximum absolute atomic E-state index is 12.6. The maximum atomic E-state index is 12.6. The Labute approximate surface area is 159 Å². The van der Waals surface area contributed by atoms with Gasteiger partial charge in [-0.3, -0.25) is 9.59 Å². The Morgan fingerprint density at radius 2 is 1.81 bits per heavy atom. The summed E-state index contributed by atoms with van der Waals surface area (Å²) in [7, 11) is 1.16. The van der Waals surface area contributed by atoms with Crippen molar-refractivity contribution in [3.05, 3.63) is 0 Å². The highest BCUT2D eigenvalue weighted by Gasteiger charge is 2.47. The second-order valence-corrected chi connectivity index (χ2v) is 9.37. The zero-order chi connectivity index (χ0) is 20.1. The molecular weight excluding hydrogens is 356 g/mol. The van der Waals surface area contributed by atoms with Gasteiger partial charge in [-0.15, -0.1) is 0 Å². The number of carboxylic acids is 1. The van der Waals surface area contributed by atoms with Crippen LogP contribution in [0.5, 0.6) is 0 Å². The number of Topliss-reactive ketones (excluding diaryl/α,β-unsaturated/α-hetero) is 1. The highest BCUT2D eigenvalue weighted by molar-refractivity contribution is 8.00. The van der Waals surface area contributed by atoms with Crippen molar-refractivity contribution in [2.75, 3.05) is 12.9 Å². The van der Waals surface area contributed by atoms with Crippen molar-refractivity contribution in [3.63, 3.8) is 0 Å². The number of esters is 1. The first-order valence-electron chi connectivity index (χ1n) is 8.94. The van der Waals surface area contributed by atoms with E-state index in [0.29, 0.717) is 5.92 Å². The molecule has 0 aromatic carbocycles. The molecule has 0 heterocycles. The number of ketones is 1. The standard InChI is InChI=1S/C18H32N2O5S/c1-17(2,3)11-7-5-6-8-13(11)26-10-18(20,16(24)25-4)15(23)12(19)9-14(21)22/h11-13H,5-10,19-20H2,1-4H3,(H,21,22)/t11?,12-,13?,18+/m0/s1. The van der Waals surface area contributed by atoms with Gasteiger partial charge in [0.2, 0.25) is 0 Å². The Balaban J connectivity index is 2.95. The van der Waals surface area contributed by atoms with E-state index in [1.807, 2.05) is 0 Å². The molecule has 2 unspecified atom stereocenters. The molecule has 0 spiro atoms. The zero-order valence-electron chi connectivity index (χ0n) is 16.1. The molecule has 0 bridgehead atoms. The maximum Gasteiger partial charge on any atom is 0.334 e. The second-order valence-electron chi connectivity index (χ2n) is 8.14. The molecule has 1 saturated carbocycles. The predicted molar refractivity (Wildman–Crippen MR) is 102 cm³/mol. The van der Waals surface area contributed by atoms with E-state index < -0.39 is 35.7 Å². The molecule has 0 aliphatic heterocycles. The van der Waals surface area contributed by atoms with Crippen molar-refractivity contribution in [2.45, 2.75) is 69.7 Å². The third-order valence-corrected chi connectivity index (χ3v) is 6.68. The van der Waals surface area contributed by atoms with Gasteiger partial charge >= 0.3 is 11.9 Å². The average molecular weight is 389 g/mol. The van der Waals surface area contributed by atoms with E-state index in [4.69, 9.17) is 21.3 Å². The summed E-state index contributed by atoms with van der Waals surface area (Å²) < 4.78 is 4.72. The third-order valence-electron chi connectivity index (χ3n) is 5.06. The van der Waals surface area contributed by atoms with Gasteiger partial charge in [0.1, 0.15) is 0 Å². The van der Waals surface area contributed by atoms with Crippen molar-refractivity contribution < 1.29 is 24.2 Å². The largest absolute Gasteiger partial charge is 0.481 e. The fraction of sp³-hybridized carbons (Fsp3) is 0.833. The molecule has 4 atom stereocenters. The Kier molecular flexibility index (Phi) is 8.10. The van der Waals surface area contributed by atoms with Gasteiger partial charge in [0.15, 0.2) is 11.3 Å². The molecule has 0 saturated heterocycles. The Morgan fingerprint density at radius 3 is 2.31 bits per heavy atom. The normalized spacial score (nSPS) is 24.4. The van der Waals surface area contributed by atoms with E-state index in [2.05, 4.69) is 20.8 Å². The van der Waals surface area contributed by atoms with Crippen LogP contribution in [0.15, 0.2) is 0 Å². The van der Waals surface area contributed by atoms with Gasteiger partial charge in [0, 0.05) is 11.0 Å². The number of aliphatic carboxylic acids is 1. The van der Waals surface area contributed by atoms with Gasteiger partial charge in [0.05, 0.1) is 19.6 Å². The molecular formula is C18H32N2O5S. The lowest BCUT2D eigenvalue weighted by atomic mass is 9.72. The quantitative estimate of drug-likeness (QED) is 0.421. The van der Waals surface area contributed by atoms with Crippen LogP contribution in [0.25, 0.3) is 0 Å². The molecule has 5 N–H and O–H groups in total. The smallest absolute Gasteiger partial charge is 0.334 e. The lowest BCUT2D eigenvalue weighted by molar-refractivity contribution is -0.151. The molecule has 0 radical (unpaired) electrons. The van der Waals surface area contributed by atoms with Crippen LogP contribution < -0.4 is 11.5 Å². The lowest BCUT2D eigenvalue weighted by Gasteiger charge is -2.41. The monoisotopic (exact) mass is 388 g/mol. The number of nitrogens with two attached hydrogens (primary N) is 2. The Morgan fingerprint density at radius 1 is 1.23 bits per heavy atom. The number of carbonyl (C=O) groups excluding carboxylic acids is 2. The minimum atomic E-state index is -1.94. The van der Waals surface area contributed by atoms with E-state index >= 15 is 0 Å². The van der Waals surface area contributed by atoms with Crippen LogP contribution in [0.4, 0.5) is 0 Å². The first kappa shape index (κ1) is 22.9. The summed E-state index contributed by atoms with van der Waals surface area (Å²) in [5.41, 5.74) is 9.98. The summed E-state index contributed by atoms with van der Waals surface area (Å²) in [5.74, 6) is -2.40. The molecule has 1 fully saturated rings.